The third-order valence-corrected chi connectivity index (χ3v) is 5.40. The Morgan fingerprint density at radius 3 is 2.43 bits per heavy atom. The summed E-state index contributed by atoms with van der Waals surface area (Å²) in [5.41, 5.74) is 1.10. The summed E-state index contributed by atoms with van der Waals surface area (Å²) in [5.74, 6) is -0.656. The van der Waals surface area contributed by atoms with Crippen molar-refractivity contribution in [1.29, 1.82) is 0 Å². The van der Waals surface area contributed by atoms with Crippen LogP contribution in [0.4, 0.5) is 5.69 Å². The van der Waals surface area contributed by atoms with Gasteiger partial charge in [0.05, 0.1) is 12.8 Å². The van der Waals surface area contributed by atoms with E-state index in [9.17, 15) is 14.7 Å². The number of carbonyl (C=O) groups is 2. The Labute approximate surface area is 169 Å². The molecule has 0 bridgehead atoms. The number of aromatic hydroxyl groups is 1. The Hall–Kier alpha value is -2.57. The normalized spacial score (nSPS) is 16.4. The number of phenols is 1. The zero-order valence-electron chi connectivity index (χ0n) is 15.6. The maximum atomic E-state index is 12.6. The highest BCUT2D eigenvalue weighted by atomic mass is 35.5. The van der Waals surface area contributed by atoms with Gasteiger partial charge in [-0.3, -0.25) is 9.69 Å². The lowest BCUT2D eigenvalue weighted by Crippen LogP contribution is -2.43. The number of rotatable bonds is 5. The number of carbonyl (C=O) groups excluding carboxylic acids is 2. The summed E-state index contributed by atoms with van der Waals surface area (Å²) in [4.78, 5) is 27.0. The topological polar surface area (TPSA) is 78.9 Å². The summed E-state index contributed by atoms with van der Waals surface area (Å²) in [6.45, 7) is 1.12. The molecule has 1 amide bonds. The highest BCUT2D eigenvalue weighted by Crippen LogP contribution is 2.32. The van der Waals surface area contributed by atoms with E-state index in [0.29, 0.717) is 42.2 Å². The van der Waals surface area contributed by atoms with Crippen molar-refractivity contribution in [1.82, 2.24) is 4.90 Å². The molecule has 0 aromatic heterocycles. The number of esters is 1. The van der Waals surface area contributed by atoms with Crippen LogP contribution in [0.15, 0.2) is 48.5 Å². The number of phenolic OH excluding ortho intramolecular Hbond substituents is 1. The maximum Gasteiger partial charge on any atom is 0.327 e. The molecule has 1 atom stereocenters. The minimum absolute atomic E-state index is 0.0396. The fraction of sp³-hybridized carbons (Fsp3) is 0.333. The molecule has 1 fully saturated rings. The number of ether oxygens (including phenoxy) is 1. The number of hydrogen-bond donors (Lipinski definition) is 2. The molecular weight excluding hydrogens is 380 g/mol. The van der Waals surface area contributed by atoms with Gasteiger partial charge in [0, 0.05) is 24.0 Å². The van der Waals surface area contributed by atoms with Gasteiger partial charge in [-0.2, -0.15) is 0 Å². The number of nitrogens with one attached hydrogen (secondary N) is 1. The summed E-state index contributed by atoms with van der Waals surface area (Å²) < 4.78 is 5.00. The van der Waals surface area contributed by atoms with E-state index < -0.39 is 6.04 Å². The monoisotopic (exact) mass is 402 g/mol. The molecule has 6 nitrogen and oxygen atoms in total. The van der Waals surface area contributed by atoms with E-state index in [1.54, 1.807) is 24.3 Å². The van der Waals surface area contributed by atoms with Crippen molar-refractivity contribution < 1.29 is 19.4 Å². The summed E-state index contributed by atoms with van der Waals surface area (Å²) in [6.07, 6.45) is 1.19. The van der Waals surface area contributed by atoms with Gasteiger partial charge in [-0.1, -0.05) is 41.9 Å². The third kappa shape index (κ3) is 4.46. The van der Waals surface area contributed by atoms with Crippen LogP contribution in [0, 0.1) is 5.92 Å². The molecule has 0 aliphatic carbocycles. The van der Waals surface area contributed by atoms with Crippen molar-refractivity contribution in [2.24, 2.45) is 5.92 Å². The average Bonchev–Trinajstić information content (AvgIpc) is 2.71. The summed E-state index contributed by atoms with van der Waals surface area (Å²) in [6, 6.07) is 13.3. The smallest absolute Gasteiger partial charge is 0.327 e. The Kier molecular flexibility index (Phi) is 6.54. The van der Waals surface area contributed by atoms with Gasteiger partial charge in [-0.25, -0.2) is 4.79 Å². The SMILES string of the molecule is COC(=O)[C@@H](c1ccccc1Cl)N1CCC(C(=O)Nc2ccccc2O)CC1. The number of benzene rings is 2. The Balaban J connectivity index is 1.67. The van der Waals surface area contributed by atoms with Crippen LogP contribution in [-0.2, 0) is 14.3 Å². The van der Waals surface area contributed by atoms with Gasteiger partial charge in [0.2, 0.25) is 5.91 Å². The summed E-state index contributed by atoms with van der Waals surface area (Å²) in [5, 5.41) is 13.1. The number of para-hydroxylation sites is 2. The Morgan fingerprint density at radius 1 is 1.14 bits per heavy atom. The molecule has 1 heterocycles. The van der Waals surface area contributed by atoms with Crippen molar-refractivity contribution >= 4 is 29.2 Å². The first-order chi connectivity index (χ1) is 13.5. The minimum atomic E-state index is -0.596. The predicted octanol–water partition coefficient (Wildman–Crippen LogP) is 3.61. The standard InChI is InChI=1S/C21H23ClN2O4/c1-28-21(27)19(15-6-2-3-7-16(15)22)24-12-10-14(11-13-24)20(26)23-17-8-4-5-9-18(17)25/h2-9,14,19,25H,10-13H2,1H3,(H,23,26)/t19-/m1/s1. The molecule has 1 saturated heterocycles. The lowest BCUT2D eigenvalue weighted by atomic mass is 9.93. The lowest BCUT2D eigenvalue weighted by Gasteiger charge is -2.36. The van der Waals surface area contributed by atoms with Gasteiger partial charge >= 0.3 is 5.97 Å². The predicted molar refractivity (Wildman–Crippen MR) is 107 cm³/mol. The molecule has 0 spiro atoms. The number of amides is 1. The van der Waals surface area contributed by atoms with Crippen LogP contribution in [0.1, 0.15) is 24.4 Å². The first-order valence-electron chi connectivity index (χ1n) is 9.16. The van der Waals surface area contributed by atoms with E-state index in [2.05, 4.69) is 5.32 Å². The number of anilines is 1. The maximum absolute atomic E-state index is 12.6. The second-order valence-electron chi connectivity index (χ2n) is 6.76. The number of piperidine rings is 1. The summed E-state index contributed by atoms with van der Waals surface area (Å²) >= 11 is 6.30. The highest BCUT2D eigenvalue weighted by Gasteiger charge is 2.34. The van der Waals surface area contributed by atoms with Gasteiger partial charge in [0.1, 0.15) is 11.8 Å². The van der Waals surface area contributed by atoms with Crippen LogP contribution in [0.25, 0.3) is 0 Å². The molecule has 148 valence electrons. The third-order valence-electron chi connectivity index (χ3n) is 5.05. The molecule has 0 unspecified atom stereocenters. The van der Waals surface area contributed by atoms with Crippen LogP contribution >= 0.6 is 11.6 Å². The van der Waals surface area contributed by atoms with E-state index in [4.69, 9.17) is 16.3 Å². The molecule has 2 aromatic rings. The molecule has 2 aromatic carbocycles. The molecule has 2 N–H and O–H groups in total. The zero-order valence-corrected chi connectivity index (χ0v) is 16.4. The van der Waals surface area contributed by atoms with Crippen molar-refractivity contribution in [3.8, 4) is 5.75 Å². The van der Waals surface area contributed by atoms with Crippen molar-refractivity contribution in [3.05, 3.63) is 59.1 Å². The Bertz CT molecular complexity index is 850. The first-order valence-corrected chi connectivity index (χ1v) is 9.54. The molecule has 1 aliphatic heterocycles. The van der Waals surface area contributed by atoms with Crippen molar-refractivity contribution in [2.45, 2.75) is 18.9 Å². The quantitative estimate of drug-likeness (QED) is 0.590. The summed E-state index contributed by atoms with van der Waals surface area (Å²) in [7, 11) is 1.36. The van der Waals surface area contributed by atoms with Crippen LogP contribution in [-0.4, -0.2) is 42.1 Å². The van der Waals surface area contributed by atoms with Crippen molar-refractivity contribution in [3.63, 3.8) is 0 Å². The molecule has 3 rings (SSSR count). The van der Waals surface area contributed by atoms with Gasteiger partial charge in [0.15, 0.2) is 0 Å². The molecule has 28 heavy (non-hydrogen) atoms. The number of likely N-dealkylation sites (tertiary alicyclic amines) is 1. The molecule has 7 heteroatoms. The molecule has 0 radical (unpaired) electrons. The van der Waals surface area contributed by atoms with E-state index >= 15 is 0 Å². The van der Waals surface area contributed by atoms with Crippen LogP contribution in [0.5, 0.6) is 5.75 Å². The largest absolute Gasteiger partial charge is 0.506 e. The number of methoxy groups -OCH3 is 1. The molecular formula is C21H23ClN2O4. The van der Waals surface area contributed by atoms with E-state index in [0.717, 1.165) is 0 Å². The fourth-order valence-corrected chi connectivity index (χ4v) is 3.75. The van der Waals surface area contributed by atoms with E-state index in [1.807, 2.05) is 23.1 Å². The number of hydrogen-bond acceptors (Lipinski definition) is 5. The van der Waals surface area contributed by atoms with Gasteiger partial charge in [0.25, 0.3) is 0 Å². The minimum Gasteiger partial charge on any atom is -0.506 e. The van der Waals surface area contributed by atoms with E-state index in [1.165, 1.54) is 13.2 Å². The zero-order chi connectivity index (χ0) is 20.1. The van der Waals surface area contributed by atoms with Crippen LogP contribution in [0.2, 0.25) is 5.02 Å². The lowest BCUT2D eigenvalue weighted by molar-refractivity contribution is -0.148. The number of nitrogens with zero attached hydrogens (tertiary/aromatic N) is 1. The fourth-order valence-electron chi connectivity index (χ4n) is 3.52. The van der Waals surface area contributed by atoms with Gasteiger partial charge in [-0.05, 0) is 36.6 Å². The highest BCUT2D eigenvalue weighted by molar-refractivity contribution is 6.31. The van der Waals surface area contributed by atoms with Gasteiger partial charge in [-0.15, -0.1) is 0 Å². The Morgan fingerprint density at radius 2 is 1.79 bits per heavy atom. The van der Waals surface area contributed by atoms with Crippen LogP contribution in [0.3, 0.4) is 0 Å². The van der Waals surface area contributed by atoms with Crippen molar-refractivity contribution in [2.75, 3.05) is 25.5 Å². The molecule has 0 saturated carbocycles. The average molecular weight is 403 g/mol. The second-order valence-corrected chi connectivity index (χ2v) is 7.17. The van der Waals surface area contributed by atoms with Crippen LogP contribution < -0.4 is 5.32 Å². The first kappa shape index (κ1) is 20.2. The van der Waals surface area contributed by atoms with E-state index in [-0.39, 0.29) is 23.5 Å². The number of halogens is 1. The second kappa shape index (κ2) is 9.08. The molecule has 1 aliphatic rings. The van der Waals surface area contributed by atoms with Gasteiger partial charge < -0.3 is 15.2 Å².